The fourth-order valence-electron chi connectivity index (χ4n) is 2.18. The highest BCUT2D eigenvalue weighted by Gasteiger charge is 2.19. The summed E-state index contributed by atoms with van der Waals surface area (Å²) in [7, 11) is 2.07. The van der Waals surface area contributed by atoms with Gasteiger partial charge in [0.2, 0.25) is 0 Å². The standard InChI is InChI=1S/C15H23N3O2/c1-12(16)13-4-3-5-14(10-13)20-11-15(19)18-8-6-17(2)7-9-18/h3-5,10,12H,6-9,11,16H2,1-2H3/t12-/m1/s1. The molecule has 0 bridgehead atoms. The Labute approximate surface area is 120 Å². The van der Waals surface area contributed by atoms with Crippen molar-refractivity contribution >= 4 is 5.91 Å². The predicted octanol–water partition coefficient (Wildman–Crippen LogP) is 0.859. The lowest BCUT2D eigenvalue weighted by molar-refractivity contribution is -0.134. The molecule has 2 N–H and O–H groups in total. The maximum Gasteiger partial charge on any atom is 0.260 e. The third-order valence-electron chi connectivity index (χ3n) is 3.60. The SMILES string of the molecule is C[C@@H](N)c1cccc(OCC(=O)N2CCN(C)CC2)c1. The third-order valence-corrected chi connectivity index (χ3v) is 3.60. The Balaban J connectivity index is 1.85. The molecule has 0 aromatic heterocycles. The molecule has 1 aromatic rings. The zero-order valence-electron chi connectivity index (χ0n) is 12.2. The number of rotatable bonds is 4. The molecule has 20 heavy (non-hydrogen) atoms. The topological polar surface area (TPSA) is 58.8 Å². The van der Waals surface area contributed by atoms with Gasteiger partial charge in [0.25, 0.3) is 5.91 Å². The first-order valence-electron chi connectivity index (χ1n) is 7.01. The number of hydrogen-bond acceptors (Lipinski definition) is 4. The van der Waals surface area contributed by atoms with E-state index in [1.54, 1.807) is 0 Å². The minimum Gasteiger partial charge on any atom is -0.484 e. The highest BCUT2D eigenvalue weighted by molar-refractivity contribution is 5.77. The Morgan fingerprint density at radius 1 is 1.35 bits per heavy atom. The monoisotopic (exact) mass is 277 g/mol. The lowest BCUT2D eigenvalue weighted by Gasteiger charge is -2.32. The van der Waals surface area contributed by atoms with Crippen LogP contribution in [0.3, 0.4) is 0 Å². The summed E-state index contributed by atoms with van der Waals surface area (Å²) in [6, 6.07) is 7.56. The quantitative estimate of drug-likeness (QED) is 0.887. The molecule has 110 valence electrons. The Kier molecular flexibility index (Phi) is 4.98. The van der Waals surface area contributed by atoms with Crippen LogP contribution < -0.4 is 10.5 Å². The molecule has 1 atom stereocenters. The molecule has 1 aliphatic heterocycles. The smallest absolute Gasteiger partial charge is 0.260 e. The zero-order valence-corrected chi connectivity index (χ0v) is 12.2. The van der Waals surface area contributed by atoms with Crippen molar-refractivity contribution in [2.45, 2.75) is 13.0 Å². The summed E-state index contributed by atoms with van der Waals surface area (Å²) in [5.41, 5.74) is 6.84. The highest BCUT2D eigenvalue weighted by atomic mass is 16.5. The maximum absolute atomic E-state index is 12.1. The van der Waals surface area contributed by atoms with E-state index in [-0.39, 0.29) is 18.6 Å². The van der Waals surface area contributed by atoms with Gasteiger partial charge in [0.1, 0.15) is 5.75 Å². The maximum atomic E-state index is 12.1. The Bertz CT molecular complexity index is 454. The van der Waals surface area contributed by atoms with Gasteiger partial charge >= 0.3 is 0 Å². The van der Waals surface area contributed by atoms with Gasteiger partial charge in [-0.1, -0.05) is 12.1 Å². The number of carbonyl (C=O) groups is 1. The number of likely N-dealkylation sites (N-methyl/N-ethyl adjacent to an activating group) is 1. The Morgan fingerprint density at radius 2 is 2.05 bits per heavy atom. The van der Waals surface area contributed by atoms with Crippen LogP contribution in [0.4, 0.5) is 0 Å². The average Bonchev–Trinajstić information content (AvgIpc) is 2.46. The molecule has 0 spiro atoms. The summed E-state index contributed by atoms with van der Waals surface area (Å²) in [6.07, 6.45) is 0. The second-order valence-corrected chi connectivity index (χ2v) is 5.33. The van der Waals surface area contributed by atoms with E-state index in [1.807, 2.05) is 36.1 Å². The molecule has 5 heteroatoms. The molecule has 5 nitrogen and oxygen atoms in total. The Morgan fingerprint density at radius 3 is 2.70 bits per heavy atom. The van der Waals surface area contributed by atoms with Crippen LogP contribution in [-0.2, 0) is 4.79 Å². The van der Waals surface area contributed by atoms with Crippen molar-refractivity contribution in [1.82, 2.24) is 9.80 Å². The first kappa shape index (κ1) is 14.8. The molecule has 2 rings (SSSR count). The first-order valence-corrected chi connectivity index (χ1v) is 7.01. The number of piperazine rings is 1. The largest absolute Gasteiger partial charge is 0.484 e. The molecule has 0 unspecified atom stereocenters. The van der Waals surface area contributed by atoms with Crippen LogP contribution >= 0.6 is 0 Å². The van der Waals surface area contributed by atoms with E-state index in [2.05, 4.69) is 11.9 Å². The van der Waals surface area contributed by atoms with Crippen molar-refractivity contribution in [3.8, 4) is 5.75 Å². The molecule has 0 radical (unpaired) electrons. The predicted molar refractivity (Wildman–Crippen MR) is 78.6 cm³/mol. The van der Waals surface area contributed by atoms with E-state index in [0.29, 0.717) is 5.75 Å². The van der Waals surface area contributed by atoms with Gasteiger partial charge in [-0.2, -0.15) is 0 Å². The van der Waals surface area contributed by atoms with Crippen molar-refractivity contribution in [3.63, 3.8) is 0 Å². The van der Waals surface area contributed by atoms with Gasteiger partial charge in [-0.15, -0.1) is 0 Å². The van der Waals surface area contributed by atoms with Crippen molar-refractivity contribution in [2.75, 3.05) is 39.8 Å². The van der Waals surface area contributed by atoms with Gasteiger partial charge in [0, 0.05) is 32.2 Å². The van der Waals surface area contributed by atoms with Crippen LogP contribution in [0.25, 0.3) is 0 Å². The lowest BCUT2D eigenvalue weighted by atomic mass is 10.1. The fraction of sp³-hybridized carbons (Fsp3) is 0.533. The van der Waals surface area contributed by atoms with Crippen molar-refractivity contribution < 1.29 is 9.53 Å². The van der Waals surface area contributed by atoms with E-state index in [0.717, 1.165) is 31.7 Å². The number of amides is 1. The van der Waals surface area contributed by atoms with Crippen LogP contribution in [0.5, 0.6) is 5.75 Å². The number of benzene rings is 1. The molecule has 1 fully saturated rings. The van der Waals surface area contributed by atoms with E-state index in [9.17, 15) is 4.79 Å². The molecule has 1 aromatic carbocycles. The summed E-state index contributed by atoms with van der Waals surface area (Å²) in [5, 5.41) is 0. The molecule has 0 aliphatic carbocycles. The summed E-state index contributed by atoms with van der Waals surface area (Å²) in [6.45, 7) is 5.41. The summed E-state index contributed by atoms with van der Waals surface area (Å²) >= 11 is 0. The number of ether oxygens (including phenoxy) is 1. The van der Waals surface area contributed by atoms with E-state index in [4.69, 9.17) is 10.5 Å². The first-order chi connectivity index (χ1) is 9.56. The van der Waals surface area contributed by atoms with E-state index < -0.39 is 0 Å². The van der Waals surface area contributed by atoms with Crippen LogP contribution in [0.15, 0.2) is 24.3 Å². The van der Waals surface area contributed by atoms with Gasteiger partial charge in [0.15, 0.2) is 6.61 Å². The number of nitrogens with two attached hydrogens (primary N) is 1. The van der Waals surface area contributed by atoms with Gasteiger partial charge in [0.05, 0.1) is 0 Å². The van der Waals surface area contributed by atoms with Crippen molar-refractivity contribution in [1.29, 1.82) is 0 Å². The molecule has 1 amide bonds. The zero-order chi connectivity index (χ0) is 14.5. The average molecular weight is 277 g/mol. The molecular formula is C15H23N3O2. The second kappa shape index (κ2) is 6.72. The van der Waals surface area contributed by atoms with Crippen molar-refractivity contribution in [3.05, 3.63) is 29.8 Å². The summed E-state index contributed by atoms with van der Waals surface area (Å²) in [4.78, 5) is 16.1. The third kappa shape index (κ3) is 3.95. The van der Waals surface area contributed by atoms with Gasteiger partial charge in [-0.25, -0.2) is 0 Å². The number of hydrogen-bond donors (Lipinski definition) is 1. The van der Waals surface area contributed by atoms with E-state index in [1.165, 1.54) is 0 Å². The lowest BCUT2D eigenvalue weighted by Crippen LogP contribution is -2.48. The minimum absolute atomic E-state index is 0.0353. The van der Waals surface area contributed by atoms with Crippen LogP contribution in [-0.4, -0.2) is 55.5 Å². The summed E-state index contributed by atoms with van der Waals surface area (Å²) < 4.78 is 5.58. The molecule has 0 saturated carbocycles. The Hall–Kier alpha value is -1.59. The van der Waals surface area contributed by atoms with E-state index >= 15 is 0 Å². The van der Waals surface area contributed by atoms with Crippen LogP contribution in [0, 0.1) is 0 Å². The molecule has 1 heterocycles. The molecule has 1 saturated heterocycles. The summed E-state index contributed by atoms with van der Waals surface area (Å²) in [5.74, 6) is 0.742. The van der Waals surface area contributed by atoms with Gasteiger partial charge in [-0.05, 0) is 31.7 Å². The number of carbonyl (C=O) groups excluding carboxylic acids is 1. The number of nitrogens with zero attached hydrogens (tertiary/aromatic N) is 2. The van der Waals surface area contributed by atoms with Gasteiger partial charge in [-0.3, -0.25) is 4.79 Å². The fourth-order valence-corrected chi connectivity index (χ4v) is 2.18. The highest BCUT2D eigenvalue weighted by Crippen LogP contribution is 2.17. The van der Waals surface area contributed by atoms with Crippen LogP contribution in [0.1, 0.15) is 18.5 Å². The molecule has 1 aliphatic rings. The normalized spacial score (nSPS) is 17.9. The van der Waals surface area contributed by atoms with Crippen molar-refractivity contribution in [2.24, 2.45) is 5.73 Å². The van der Waals surface area contributed by atoms with Gasteiger partial charge < -0.3 is 20.3 Å². The van der Waals surface area contributed by atoms with Crippen LogP contribution in [0.2, 0.25) is 0 Å². The molecular weight excluding hydrogens is 254 g/mol. The second-order valence-electron chi connectivity index (χ2n) is 5.33. The minimum atomic E-state index is -0.0353.